The van der Waals surface area contributed by atoms with Crippen molar-refractivity contribution < 1.29 is 17.9 Å². The van der Waals surface area contributed by atoms with Gasteiger partial charge in [0.25, 0.3) is 0 Å². The number of ether oxygens (including phenoxy) is 2. The standard InChI is InChI=1S/C14H19BrN2O4S/c1-16-10-2-4-17(5-3-10)22(18,19)14-9-13-12(8-11(14)15)20-6-7-21-13/h8-10,16H,2-7H2,1H3. The maximum absolute atomic E-state index is 12.9. The van der Waals surface area contributed by atoms with Crippen molar-refractivity contribution in [2.24, 2.45) is 0 Å². The molecule has 122 valence electrons. The molecule has 1 aromatic carbocycles. The predicted octanol–water partition coefficient (Wildman–Crippen LogP) is 1.59. The fourth-order valence-corrected chi connectivity index (χ4v) is 5.23. The third-order valence-electron chi connectivity index (χ3n) is 4.08. The van der Waals surface area contributed by atoms with Crippen LogP contribution in [0.3, 0.4) is 0 Å². The van der Waals surface area contributed by atoms with Crippen LogP contribution < -0.4 is 14.8 Å². The van der Waals surface area contributed by atoms with Crippen LogP contribution in [0.25, 0.3) is 0 Å². The van der Waals surface area contributed by atoms with E-state index in [0.717, 1.165) is 12.8 Å². The highest BCUT2D eigenvalue weighted by Crippen LogP contribution is 2.38. The Morgan fingerprint density at radius 2 is 1.77 bits per heavy atom. The van der Waals surface area contributed by atoms with E-state index in [-0.39, 0.29) is 4.90 Å². The van der Waals surface area contributed by atoms with Gasteiger partial charge in [0, 0.05) is 29.7 Å². The van der Waals surface area contributed by atoms with Gasteiger partial charge >= 0.3 is 0 Å². The molecule has 1 saturated heterocycles. The molecular weight excluding hydrogens is 372 g/mol. The summed E-state index contributed by atoms with van der Waals surface area (Å²) in [6.07, 6.45) is 1.63. The lowest BCUT2D eigenvalue weighted by molar-refractivity contribution is 0.171. The SMILES string of the molecule is CNC1CCN(S(=O)(=O)c2cc3c(cc2Br)OCCO3)CC1. The molecular formula is C14H19BrN2O4S. The number of halogens is 1. The van der Waals surface area contributed by atoms with Gasteiger partial charge in [-0.15, -0.1) is 0 Å². The molecule has 0 spiro atoms. The fraction of sp³-hybridized carbons (Fsp3) is 0.571. The summed E-state index contributed by atoms with van der Waals surface area (Å²) in [5.41, 5.74) is 0. The molecule has 8 heteroatoms. The molecule has 2 aliphatic rings. The average molecular weight is 391 g/mol. The highest BCUT2D eigenvalue weighted by atomic mass is 79.9. The van der Waals surface area contributed by atoms with E-state index in [1.807, 2.05) is 7.05 Å². The Bertz CT molecular complexity index is 657. The monoisotopic (exact) mass is 390 g/mol. The molecule has 0 aromatic heterocycles. The molecule has 1 fully saturated rings. The molecule has 0 bridgehead atoms. The molecule has 0 amide bonds. The molecule has 6 nitrogen and oxygen atoms in total. The van der Waals surface area contributed by atoms with Gasteiger partial charge in [-0.1, -0.05) is 0 Å². The molecule has 0 saturated carbocycles. The molecule has 22 heavy (non-hydrogen) atoms. The van der Waals surface area contributed by atoms with E-state index in [1.54, 1.807) is 12.1 Å². The van der Waals surface area contributed by atoms with Gasteiger partial charge in [-0.25, -0.2) is 8.42 Å². The smallest absolute Gasteiger partial charge is 0.244 e. The Labute approximate surface area is 139 Å². The Morgan fingerprint density at radius 3 is 2.36 bits per heavy atom. The van der Waals surface area contributed by atoms with Gasteiger partial charge in [-0.2, -0.15) is 4.31 Å². The third-order valence-corrected chi connectivity index (χ3v) is 6.93. The van der Waals surface area contributed by atoms with E-state index in [0.29, 0.717) is 48.3 Å². The zero-order valence-corrected chi connectivity index (χ0v) is 14.7. The molecule has 2 heterocycles. The fourth-order valence-electron chi connectivity index (χ4n) is 2.77. The lowest BCUT2D eigenvalue weighted by atomic mass is 10.1. The van der Waals surface area contributed by atoms with Crippen molar-refractivity contribution in [2.75, 3.05) is 33.4 Å². The number of rotatable bonds is 3. The molecule has 0 radical (unpaired) electrons. The van der Waals surface area contributed by atoms with Gasteiger partial charge in [0.2, 0.25) is 10.0 Å². The molecule has 2 aliphatic heterocycles. The van der Waals surface area contributed by atoms with Crippen LogP contribution in [-0.2, 0) is 10.0 Å². The van der Waals surface area contributed by atoms with E-state index >= 15 is 0 Å². The van der Waals surface area contributed by atoms with Crippen LogP contribution in [0.1, 0.15) is 12.8 Å². The van der Waals surface area contributed by atoms with Gasteiger partial charge < -0.3 is 14.8 Å². The second-order valence-corrected chi connectivity index (χ2v) is 8.15. The van der Waals surface area contributed by atoms with Crippen LogP contribution in [-0.4, -0.2) is 52.1 Å². The quantitative estimate of drug-likeness (QED) is 0.848. The molecule has 0 aliphatic carbocycles. The lowest BCUT2D eigenvalue weighted by Gasteiger charge is -2.31. The van der Waals surface area contributed by atoms with Crippen LogP contribution >= 0.6 is 15.9 Å². The summed E-state index contributed by atoms with van der Waals surface area (Å²) in [5, 5.41) is 3.20. The van der Waals surface area contributed by atoms with Crippen molar-refractivity contribution in [3.63, 3.8) is 0 Å². The number of benzene rings is 1. The minimum absolute atomic E-state index is 0.236. The Balaban J connectivity index is 1.89. The van der Waals surface area contributed by atoms with Gasteiger partial charge in [-0.3, -0.25) is 0 Å². The van der Waals surface area contributed by atoms with Crippen LogP contribution in [0.4, 0.5) is 0 Å². The largest absolute Gasteiger partial charge is 0.486 e. The molecule has 0 atom stereocenters. The van der Waals surface area contributed by atoms with Crippen molar-refractivity contribution in [3.05, 3.63) is 16.6 Å². The summed E-state index contributed by atoms with van der Waals surface area (Å²) >= 11 is 3.35. The lowest BCUT2D eigenvalue weighted by Crippen LogP contribution is -2.43. The van der Waals surface area contributed by atoms with Crippen LogP contribution in [0.2, 0.25) is 0 Å². The van der Waals surface area contributed by atoms with Crippen molar-refractivity contribution >= 4 is 26.0 Å². The number of sulfonamides is 1. The van der Waals surface area contributed by atoms with Crippen LogP contribution in [0, 0.1) is 0 Å². The molecule has 1 N–H and O–H groups in total. The number of hydrogen-bond donors (Lipinski definition) is 1. The van der Waals surface area contributed by atoms with Gasteiger partial charge in [0.15, 0.2) is 11.5 Å². The van der Waals surface area contributed by atoms with Crippen LogP contribution in [0.5, 0.6) is 11.5 Å². The van der Waals surface area contributed by atoms with Crippen molar-refractivity contribution in [1.29, 1.82) is 0 Å². The molecule has 0 unspecified atom stereocenters. The second kappa shape index (κ2) is 6.35. The Morgan fingerprint density at radius 1 is 1.18 bits per heavy atom. The van der Waals surface area contributed by atoms with Crippen molar-refractivity contribution in [3.8, 4) is 11.5 Å². The normalized spacial score (nSPS) is 20.1. The minimum Gasteiger partial charge on any atom is -0.486 e. The summed E-state index contributed by atoms with van der Waals surface area (Å²) in [6.45, 7) is 1.95. The zero-order valence-electron chi connectivity index (χ0n) is 12.3. The third kappa shape index (κ3) is 2.97. The summed E-state index contributed by atoms with van der Waals surface area (Å²) in [5.74, 6) is 1.06. The van der Waals surface area contributed by atoms with Crippen molar-refractivity contribution in [2.45, 2.75) is 23.8 Å². The predicted molar refractivity (Wildman–Crippen MR) is 86.0 cm³/mol. The molecule has 3 rings (SSSR count). The first-order valence-electron chi connectivity index (χ1n) is 7.29. The maximum Gasteiger partial charge on any atom is 0.244 e. The van der Waals surface area contributed by atoms with Gasteiger partial charge in [0.1, 0.15) is 18.1 Å². The van der Waals surface area contributed by atoms with E-state index in [2.05, 4.69) is 21.2 Å². The minimum atomic E-state index is -3.53. The summed E-state index contributed by atoms with van der Waals surface area (Å²) < 4.78 is 38.8. The maximum atomic E-state index is 12.9. The Kier molecular flexibility index (Phi) is 4.63. The number of fused-ring (bicyclic) bond motifs is 1. The molecule has 1 aromatic rings. The first-order valence-corrected chi connectivity index (χ1v) is 9.52. The highest BCUT2D eigenvalue weighted by Gasteiger charge is 2.31. The first kappa shape index (κ1) is 16.0. The zero-order chi connectivity index (χ0) is 15.7. The average Bonchev–Trinajstić information content (AvgIpc) is 2.54. The number of hydrogen-bond acceptors (Lipinski definition) is 5. The van der Waals surface area contributed by atoms with Gasteiger partial charge in [0.05, 0.1) is 0 Å². The second-order valence-electron chi connectivity index (χ2n) is 5.39. The van der Waals surface area contributed by atoms with Crippen LogP contribution in [0.15, 0.2) is 21.5 Å². The summed E-state index contributed by atoms with van der Waals surface area (Å²) in [4.78, 5) is 0.236. The van der Waals surface area contributed by atoms with Gasteiger partial charge in [-0.05, 0) is 41.9 Å². The summed E-state index contributed by atoms with van der Waals surface area (Å²) in [7, 11) is -1.63. The van der Waals surface area contributed by atoms with E-state index in [4.69, 9.17) is 9.47 Å². The Hall–Kier alpha value is -0.830. The number of piperidine rings is 1. The van der Waals surface area contributed by atoms with Crippen molar-refractivity contribution in [1.82, 2.24) is 9.62 Å². The van der Waals surface area contributed by atoms with E-state index < -0.39 is 10.0 Å². The highest BCUT2D eigenvalue weighted by molar-refractivity contribution is 9.10. The topological polar surface area (TPSA) is 67.9 Å². The number of nitrogens with one attached hydrogen (secondary N) is 1. The van der Waals surface area contributed by atoms with E-state index in [9.17, 15) is 8.42 Å². The first-order chi connectivity index (χ1) is 10.5. The number of nitrogens with zero attached hydrogens (tertiary/aromatic N) is 1. The summed E-state index contributed by atoms with van der Waals surface area (Å²) in [6, 6.07) is 3.61. The van der Waals surface area contributed by atoms with E-state index in [1.165, 1.54) is 4.31 Å².